The fourth-order valence-corrected chi connectivity index (χ4v) is 3.70. The van der Waals surface area contributed by atoms with Crippen molar-refractivity contribution < 1.29 is 5.11 Å². The molecule has 1 aliphatic rings. The average Bonchev–Trinajstić information content (AvgIpc) is 2.38. The molecule has 0 saturated heterocycles. The van der Waals surface area contributed by atoms with Gasteiger partial charge in [0.2, 0.25) is 0 Å². The zero-order valence-corrected chi connectivity index (χ0v) is 13.1. The van der Waals surface area contributed by atoms with E-state index >= 15 is 0 Å². The van der Waals surface area contributed by atoms with E-state index in [2.05, 4.69) is 26.1 Å². The molecule has 1 saturated carbocycles. The minimum atomic E-state index is 0.119. The number of hydrogen-bond acceptors (Lipinski definition) is 3. The van der Waals surface area contributed by atoms with Gasteiger partial charge in [-0.3, -0.25) is 0 Å². The molecular weight excluding hydrogens is 236 g/mol. The van der Waals surface area contributed by atoms with E-state index in [0.29, 0.717) is 6.04 Å². The fourth-order valence-electron chi connectivity index (χ4n) is 3.70. The van der Waals surface area contributed by atoms with Crippen molar-refractivity contribution in [3.8, 4) is 0 Å². The molecular formula is C16H34N2O. The van der Waals surface area contributed by atoms with Crippen LogP contribution in [0.1, 0.15) is 65.7 Å². The van der Waals surface area contributed by atoms with Crippen molar-refractivity contribution in [3.63, 3.8) is 0 Å². The first kappa shape index (κ1) is 16.9. The standard InChI is InChI=1S/C16H34N2O/c1-4-15(7-9-19)18-16(12-17)8-5-6-14(11-16)10-13(2)3/h13-15,18-19H,4-12,17H2,1-3H3. The fraction of sp³-hybridized carbons (Fsp3) is 1.00. The van der Waals surface area contributed by atoms with Gasteiger partial charge < -0.3 is 16.2 Å². The van der Waals surface area contributed by atoms with Crippen LogP contribution in [0.3, 0.4) is 0 Å². The topological polar surface area (TPSA) is 58.3 Å². The van der Waals surface area contributed by atoms with Crippen LogP contribution in [-0.2, 0) is 0 Å². The molecule has 1 rings (SSSR count). The van der Waals surface area contributed by atoms with E-state index in [1.54, 1.807) is 0 Å². The van der Waals surface area contributed by atoms with E-state index < -0.39 is 0 Å². The SMILES string of the molecule is CCC(CCO)NC1(CN)CCCC(CC(C)C)C1. The Bertz CT molecular complexity index is 245. The predicted octanol–water partition coefficient (Wildman–Crippen LogP) is 2.67. The molecule has 3 atom stereocenters. The first-order chi connectivity index (χ1) is 9.05. The maximum atomic E-state index is 9.15. The molecule has 0 radical (unpaired) electrons. The summed E-state index contributed by atoms with van der Waals surface area (Å²) >= 11 is 0. The van der Waals surface area contributed by atoms with Crippen LogP contribution in [0.5, 0.6) is 0 Å². The maximum Gasteiger partial charge on any atom is 0.0445 e. The third kappa shape index (κ3) is 5.41. The quantitative estimate of drug-likeness (QED) is 0.635. The summed E-state index contributed by atoms with van der Waals surface area (Å²) in [5.41, 5.74) is 6.22. The number of nitrogens with two attached hydrogens (primary N) is 1. The van der Waals surface area contributed by atoms with Crippen LogP contribution in [0.25, 0.3) is 0 Å². The van der Waals surface area contributed by atoms with Crippen molar-refractivity contribution >= 4 is 0 Å². The second-order valence-electron chi connectivity index (χ2n) is 6.84. The molecule has 19 heavy (non-hydrogen) atoms. The van der Waals surface area contributed by atoms with E-state index in [0.717, 1.165) is 31.2 Å². The van der Waals surface area contributed by atoms with Crippen LogP contribution in [0, 0.1) is 11.8 Å². The number of aliphatic hydroxyl groups is 1. The summed E-state index contributed by atoms with van der Waals surface area (Å²) in [6.07, 6.45) is 8.28. The van der Waals surface area contributed by atoms with Gasteiger partial charge in [0, 0.05) is 24.7 Å². The molecule has 3 unspecified atom stereocenters. The van der Waals surface area contributed by atoms with E-state index in [-0.39, 0.29) is 12.1 Å². The monoisotopic (exact) mass is 270 g/mol. The Morgan fingerprint density at radius 3 is 2.68 bits per heavy atom. The summed E-state index contributed by atoms with van der Waals surface area (Å²) in [5.74, 6) is 1.59. The average molecular weight is 270 g/mol. The summed E-state index contributed by atoms with van der Waals surface area (Å²) in [7, 11) is 0. The molecule has 0 bridgehead atoms. The molecule has 3 nitrogen and oxygen atoms in total. The number of nitrogens with one attached hydrogen (secondary N) is 1. The molecule has 0 amide bonds. The lowest BCUT2D eigenvalue weighted by molar-refractivity contribution is 0.142. The molecule has 0 heterocycles. The maximum absolute atomic E-state index is 9.15. The highest BCUT2D eigenvalue weighted by atomic mass is 16.3. The second-order valence-corrected chi connectivity index (χ2v) is 6.84. The van der Waals surface area contributed by atoms with Gasteiger partial charge in [-0.15, -0.1) is 0 Å². The third-order valence-corrected chi connectivity index (χ3v) is 4.62. The summed E-state index contributed by atoms with van der Waals surface area (Å²) in [5, 5.41) is 12.9. The minimum absolute atomic E-state index is 0.119. The highest BCUT2D eigenvalue weighted by molar-refractivity contribution is 4.96. The van der Waals surface area contributed by atoms with E-state index in [1.165, 1.54) is 32.1 Å². The lowest BCUT2D eigenvalue weighted by Crippen LogP contribution is -2.57. The second kappa shape index (κ2) is 8.23. The summed E-state index contributed by atoms with van der Waals surface area (Å²) in [4.78, 5) is 0. The van der Waals surface area contributed by atoms with Gasteiger partial charge in [0.25, 0.3) is 0 Å². The Morgan fingerprint density at radius 2 is 2.16 bits per heavy atom. The van der Waals surface area contributed by atoms with Crippen molar-refractivity contribution in [1.29, 1.82) is 0 Å². The minimum Gasteiger partial charge on any atom is -0.396 e. The summed E-state index contributed by atoms with van der Waals surface area (Å²) in [6, 6.07) is 0.409. The molecule has 0 aliphatic heterocycles. The van der Waals surface area contributed by atoms with Gasteiger partial charge in [-0.1, -0.05) is 33.6 Å². The van der Waals surface area contributed by atoms with Crippen molar-refractivity contribution in [2.24, 2.45) is 17.6 Å². The lowest BCUT2D eigenvalue weighted by Gasteiger charge is -2.44. The highest BCUT2D eigenvalue weighted by Crippen LogP contribution is 2.36. The van der Waals surface area contributed by atoms with E-state index in [9.17, 15) is 0 Å². The van der Waals surface area contributed by atoms with Crippen molar-refractivity contribution in [3.05, 3.63) is 0 Å². The Kier molecular flexibility index (Phi) is 7.33. The van der Waals surface area contributed by atoms with Gasteiger partial charge in [-0.25, -0.2) is 0 Å². The van der Waals surface area contributed by atoms with Crippen LogP contribution in [0.15, 0.2) is 0 Å². The molecule has 1 fully saturated rings. The Labute approximate surface area is 119 Å². The van der Waals surface area contributed by atoms with Gasteiger partial charge in [-0.05, 0) is 43.9 Å². The van der Waals surface area contributed by atoms with E-state index in [4.69, 9.17) is 10.8 Å². The highest BCUT2D eigenvalue weighted by Gasteiger charge is 2.36. The van der Waals surface area contributed by atoms with Crippen molar-refractivity contribution in [2.75, 3.05) is 13.2 Å². The van der Waals surface area contributed by atoms with Crippen molar-refractivity contribution in [1.82, 2.24) is 5.32 Å². The lowest BCUT2D eigenvalue weighted by atomic mass is 9.72. The third-order valence-electron chi connectivity index (χ3n) is 4.62. The van der Waals surface area contributed by atoms with Crippen LogP contribution < -0.4 is 11.1 Å². The smallest absolute Gasteiger partial charge is 0.0445 e. The molecule has 0 spiro atoms. The normalized spacial score (nSPS) is 29.7. The molecule has 0 aromatic carbocycles. The molecule has 4 N–H and O–H groups in total. The van der Waals surface area contributed by atoms with Crippen LogP contribution in [0.4, 0.5) is 0 Å². The first-order valence-corrected chi connectivity index (χ1v) is 8.14. The summed E-state index contributed by atoms with van der Waals surface area (Å²) in [6.45, 7) is 7.80. The Hall–Kier alpha value is -0.120. The largest absolute Gasteiger partial charge is 0.396 e. The number of rotatable bonds is 8. The van der Waals surface area contributed by atoms with Crippen molar-refractivity contribution in [2.45, 2.75) is 77.3 Å². The Morgan fingerprint density at radius 1 is 1.42 bits per heavy atom. The van der Waals surface area contributed by atoms with Gasteiger partial charge in [0.05, 0.1) is 0 Å². The molecule has 1 aliphatic carbocycles. The molecule has 114 valence electrons. The van der Waals surface area contributed by atoms with Crippen LogP contribution in [-0.4, -0.2) is 29.8 Å². The Balaban J connectivity index is 2.62. The zero-order valence-electron chi connectivity index (χ0n) is 13.1. The molecule has 0 aromatic rings. The number of aliphatic hydroxyl groups excluding tert-OH is 1. The van der Waals surface area contributed by atoms with Gasteiger partial charge >= 0.3 is 0 Å². The first-order valence-electron chi connectivity index (χ1n) is 8.14. The number of hydrogen-bond donors (Lipinski definition) is 3. The van der Waals surface area contributed by atoms with E-state index in [1.807, 2.05) is 0 Å². The predicted molar refractivity (Wildman–Crippen MR) is 82.1 cm³/mol. The molecule has 0 aromatic heterocycles. The van der Waals surface area contributed by atoms with Crippen LogP contribution >= 0.6 is 0 Å². The zero-order chi connectivity index (χ0) is 14.3. The van der Waals surface area contributed by atoms with Gasteiger partial charge in [0.15, 0.2) is 0 Å². The van der Waals surface area contributed by atoms with Crippen LogP contribution in [0.2, 0.25) is 0 Å². The van der Waals surface area contributed by atoms with Gasteiger partial charge in [-0.2, -0.15) is 0 Å². The van der Waals surface area contributed by atoms with Gasteiger partial charge in [0.1, 0.15) is 0 Å². The summed E-state index contributed by atoms with van der Waals surface area (Å²) < 4.78 is 0. The molecule has 3 heteroatoms.